The number of hydrogen-bond donors (Lipinski definition) is 2. The summed E-state index contributed by atoms with van der Waals surface area (Å²) < 4.78 is 13.2. The van der Waals surface area contributed by atoms with Gasteiger partial charge in [0.05, 0.1) is 6.54 Å². The number of nitrogens with two attached hydrogens (primary N) is 1. The van der Waals surface area contributed by atoms with Gasteiger partial charge in [-0.15, -0.1) is 0 Å². The molecule has 5 heteroatoms. The summed E-state index contributed by atoms with van der Waals surface area (Å²) in [5.41, 5.74) is 5.53. The number of rotatable bonds is 3. The monoisotopic (exact) mass is 217 g/mol. The number of alkyl halides is 1. The molecule has 0 spiro atoms. The number of halogens is 1. The van der Waals surface area contributed by atoms with Gasteiger partial charge in [-0.25, -0.2) is 9.18 Å². The SMILES string of the molecule is CCCCNC(=O)N1CCC(N)C(F)C1. The number of urea groups is 1. The lowest BCUT2D eigenvalue weighted by molar-refractivity contribution is 0.129. The summed E-state index contributed by atoms with van der Waals surface area (Å²) in [6, 6.07) is -0.581. The van der Waals surface area contributed by atoms with Crippen LogP contribution >= 0.6 is 0 Å². The Labute approximate surface area is 90.0 Å². The van der Waals surface area contributed by atoms with Crippen molar-refractivity contribution in [1.82, 2.24) is 10.2 Å². The predicted molar refractivity (Wildman–Crippen MR) is 57.4 cm³/mol. The number of carbonyl (C=O) groups excluding carboxylic acids is 1. The number of piperidine rings is 1. The Kier molecular flexibility index (Phi) is 4.81. The minimum Gasteiger partial charge on any atom is -0.338 e. The molecule has 0 saturated carbocycles. The zero-order valence-corrected chi connectivity index (χ0v) is 9.21. The van der Waals surface area contributed by atoms with E-state index < -0.39 is 12.2 Å². The van der Waals surface area contributed by atoms with Crippen molar-refractivity contribution in [3.63, 3.8) is 0 Å². The molecule has 1 heterocycles. The highest BCUT2D eigenvalue weighted by Crippen LogP contribution is 2.12. The summed E-state index contributed by atoms with van der Waals surface area (Å²) in [6.07, 6.45) is 1.45. The lowest BCUT2D eigenvalue weighted by atomic mass is 10.0. The second-order valence-electron chi connectivity index (χ2n) is 4.00. The van der Waals surface area contributed by atoms with Gasteiger partial charge in [0.25, 0.3) is 0 Å². The van der Waals surface area contributed by atoms with E-state index in [0.717, 1.165) is 12.8 Å². The summed E-state index contributed by atoms with van der Waals surface area (Å²) >= 11 is 0. The van der Waals surface area contributed by atoms with Crippen LogP contribution in [0.4, 0.5) is 9.18 Å². The number of nitrogens with zero attached hydrogens (tertiary/aromatic N) is 1. The smallest absolute Gasteiger partial charge is 0.317 e. The molecule has 3 N–H and O–H groups in total. The molecule has 1 rings (SSSR count). The van der Waals surface area contributed by atoms with E-state index in [0.29, 0.717) is 19.5 Å². The van der Waals surface area contributed by atoms with E-state index in [1.54, 1.807) is 0 Å². The van der Waals surface area contributed by atoms with Crippen LogP contribution in [0.1, 0.15) is 26.2 Å². The molecule has 0 bridgehead atoms. The van der Waals surface area contributed by atoms with Gasteiger partial charge >= 0.3 is 6.03 Å². The Morgan fingerprint density at radius 3 is 3.00 bits per heavy atom. The number of carbonyl (C=O) groups is 1. The van der Waals surface area contributed by atoms with Crippen molar-refractivity contribution >= 4 is 6.03 Å². The van der Waals surface area contributed by atoms with Gasteiger partial charge in [0, 0.05) is 19.1 Å². The molecule has 0 aliphatic carbocycles. The molecule has 1 aliphatic rings. The summed E-state index contributed by atoms with van der Waals surface area (Å²) in [7, 11) is 0. The first-order chi connectivity index (χ1) is 7.15. The number of nitrogens with one attached hydrogen (secondary N) is 1. The maximum Gasteiger partial charge on any atom is 0.317 e. The number of hydrogen-bond acceptors (Lipinski definition) is 2. The topological polar surface area (TPSA) is 58.4 Å². The molecule has 4 nitrogen and oxygen atoms in total. The average Bonchev–Trinajstić information content (AvgIpc) is 2.22. The Morgan fingerprint density at radius 2 is 2.40 bits per heavy atom. The Hall–Kier alpha value is -0.840. The van der Waals surface area contributed by atoms with Crippen molar-refractivity contribution < 1.29 is 9.18 Å². The van der Waals surface area contributed by atoms with Crippen LogP contribution < -0.4 is 11.1 Å². The third-order valence-electron chi connectivity index (χ3n) is 2.69. The quantitative estimate of drug-likeness (QED) is 0.689. The van der Waals surface area contributed by atoms with Crippen LogP contribution in [-0.2, 0) is 0 Å². The van der Waals surface area contributed by atoms with E-state index in [1.165, 1.54) is 4.90 Å². The van der Waals surface area contributed by atoms with Crippen molar-refractivity contribution in [2.75, 3.05) is 19.6 Å². The molecule has 1 aliphatic heterocycles. The Balaban J connectivity index is 2.28. The zero-order valence-electron chi connectivity index (χ0n) is 9.21. The molecule has 88 valence electrons. The molecule has 2 atom stereocenters. The fraction of sp³-hybridized carbons (Fsp3) is 0.900. The van der Waals surface area contributed by atoms with Crippen LogP contribution in [0.25, 0.3) is 0 Å². The molecule has 2 unspecified atom stereocenters. The zero-order chi connectivity index (χ0) is 11.3. The van der Waals surface area contributed by atoms with Crippen molar-refractivity contribution in [3.05, 3.63) is 0 Å². The van der Waals surface area contributed by atoms with E-state index >= 15 is 0 Å². The van der Waals surface area contributed by atoms with E-state index in [1.807, 2.05) is 0 Å². The Bertz CT molecular complexity index is 213. The second kappa shape index (κ2) is 5.90. The molecule has 0 aromatic carbocycles. The van der Waals surface area contributed by atoms with Gasteiger partial charge in [0.1, 0.15) is 6.17 Å². The van der Waals surface area contributed by atoms with Crippen LogP contribution in [0.5, 0.6) is 0 Å². The van der Waals surface area contributed by atoms with Gasteiger partial charge in [0.15, 0.2) is 0 Å². The van der Waals surface area contributed by atoms with Crippen molar-refractivity contribution in [3.8, 4) is 0 Å². The normalized spacial score (nSPS) is 26.5. The molecule has 2 amide bonds. The third kappa shape index (κ3) is 3.66. The fourth-order valence-corrected chi connectivity index (χ4v) is 1.59. The molecule has 1 saturated heterocycles. The first-order valence-corrected chi connectivity index (χ1v) is 5.57. The van der Waals surface area contributed by atoms with Crippen LogP contribution in [0.15, 0.2) is 0 Å². The van der Waals surface area contributed by atoms with Gasteiger partial charge in [-0.3, -0.25) is 0 Å². The van der Waals surface area contributed by atoms with Crippen LogP contribution in [-0.4, -0.2) is 42.8 Å². The molecule has 0 aromatic rings. The highest BCUT2D eigenvalue weighted by atomic mass is 19.1. The average molecular weight is 217 g/mol. The molecular weight excluding hydrogens is 197 g/mol. The van der Waals surface area contributed by atoms with Crippen LogP contribution in [0.2, 0.25) is 0 Å². The largest absolute Gasteiger partial charge is 0.338 e. The fourth-order valence-electron chi connectivity index (χ4n) is 1.59. The molecular formula is C10H20FN3O. The lowest BCUT2D eigenvalue weighted by Crippen LogP contribution is -2.53. The van der Waals surface area contributed by atoms with Gasteiger partial charge in [-0.1, -0.05) is 13.3 Å². The minimum absolute atomic E-state index is 0.124. The minimum atomic E-state index is -1.09. The van der Waals surface area contributed by atoms with E-state index in [2.05, 4.69) is 12.2 Å². The number of unbranched alkanes of at least 4 members (excludes halogenated alkanes) is 1. The van der Waals surface area contributed by atoms with E-state index in [9.17, 15) is 9.18 Å². The highest BCUT2D eigenvalue weighted by molar-refractivity contribution is 5.74. The first kappa shape index (κ1) is 12.2. The molecule has 0 radical (unpaired) electrons. The summed E-state index contributed by atoms with van der Waals surface area (Å²) in [5.74, 6) is 0. The second-order valence-corrected chi connectivity index (χ2v) is 4.00. The van der Waals surface area contributed by atoms with Crippen molar-refractivity contribution in [2.45, 2.75) is 38.4 Å². The maximum atomic E-state index is 13.2. The highest BCUT2D eigenvalue weighted by Gasteiger charge is 2.28. The van der Waals surface area contributed by atoms with E-state index in [-0.39, 0.29) is 12.6 Å². The molecule has 0 aromatic heterocycles. The maximum absolute atomic E-state index is 13.2. The summed E-state index contributed by atoms with van der Waals surface area (Å²) in [4.78, 5) is 13.0. The molecule has 15 heavy (non-hydrogen) atoms. The van der Waals surface area contributed by atoms with Gasteiger partial charge in [0.2, 0.25) is 0 Å². The standard InChI is InChI=1S/C10H20FN3O/c1-2-3-5-13-10(15)14-6-4-9(12)8(11)7-14/h8-9H,2-7,12H2,1H3,(H,13,15). The van der Waals surface area contributed by atoms with Gasteiger partial charge in [-0.2, -0.15) is 0 Å². The number of likely N-dealkylation sites (tertiary alicyclic amines) is 1. The van der Waals surface area contributed by atoms with Crippen LogP contribution in [0, 0.1) is 0 Å². The lowest BCUT2D eigenvalue weighted by Gasteiger charge is -2.32. The summed E-state index contributed by atoms with van der Waals surface area (Å²) in [6.45, 7) is 3.40. The Morgan fingerprint density at radius 1 is 1.67 bits per heavy atom. The van der Waals surface area contributed by atoms with E-state index in [4.69, 9.17) is 5.73 Å². The predicted octanol–water partition coefficient (Wildman–Crippen LogP) is 0.867. The third-order valence-corrected chi connectivity index (χ3v) is 2.69. The first-order valence-electron chi connectivity index (χ1n) is 5.57. The van der Waals surface area contributed by atoms with Crippen molar-refractivity contribution in [1.29, 1.82) is 0 Å². The van der Waals surface area contributed by atoms with Crippen molar-refractivity contribution in [2.24, 2.45) is 5.73 Å². The van der Waals surface area contributed by atoms with Gasteiger partial charge in [-0.05, 0) is 12.8 Å². The number of amides is 2. The molecule has 1 fully saturated rings. The summed E-state index contributed by atoms with van der Waals surface area (Å²) in [5, 5.41) is 2.77. The van der Waals surface area contributed by atoms with Crippen LogP contribution in [0.3, 0.4) is 0 Å². The van der Waals surface area contributed by atoms with Gasteiger partial charge < -0.3 is 16.0 Å².